The Balaban J connectivity index is 1.32. The van der Waals surface area contributed by atoms with Gasteiger partial charge in [-0.1, -0.05) is 85.0 Å². The first-order valence-corrected chi connectivity index (χ1v) is 14.0. The van der Waals surface area contributed by atoms with E-state index in [1.807, 2.05) is 60.7 Å². The van der Waals surface area contributed by atoms with E-state index in [1.54, 1.807) is 24.3 Å². The number of hydrogen-bond donors (Lipinski definition) is 2. The number of amides is 1. The van der Waals surface area contributed by atoms with Crippen LogP contribution in [0.4, 0.5) is 4.79 Å². The fourth-order valence-corrected chi connectivity index (χ4v) is 5.29. The molecule has 0 aliphatic carbocycles. The first-order valence-electron chi connectivity index (χ1n) is 13.6. The summed E-state index contributed by atoms with van der Waals surface area (Å²) in [5.74, 6) is -2.05. The minimum atomic E-state index is -1.05. The lowest BCUT2D eigenvalue weighted by atomic mass is 9.95. The monoisotopic (exact) mass is 588 g/mol. The van der Waals surface area contributed by atoms with Gasteiger partial charge < -0.3 is 24.8 Å². The average Bonchev–Trinajstić information content (AvgIpc) is 3.45. The number of carbonyl (C=O) groups excluding carboxylic acids is 3. The summed E-state index contributed by atoms with van der Waals surface area (Å²) >= 11 is 5.50. The number of rotatable bonds is 11. The number of benzene rings is 3. The van der Waals surface area contributed by atoms with Crippen LogP contribution in [0, 0.1) is 5.92 Å². The zero-order valence-electron chi connectivity index (χ0n) is 23.1. The van der Waals surface area contributed by atoms with Gasteiger partial charge in [0.2, 0.25) is 5.91 Å². The average molecular weight is 589 g/mol. The Morgan fingerprint density at radius 3 is 2.19 bits per heavy atom. The molecule has 1 heterocycles. The zero-order chi connectivity index (χ0) is 30.1. The molecule has 0 aromatic heterocycles. The molecule has 9 nitrogen and oxygen atoms in total. The van der Waals surface area contributed by atoms with Crippen LogP contribution in [0.1, 0.15) is 42.5 Å². The van der Waals surface area contributed by atoms with Gasteiger partial charge in [0.15, 0.2) is 0 Å². The fourth-order valence-electron chi connectivity index (χ4n) is 4.97. The van der Waals surface area contributed by atoms with Crippen LogP contribution in [0.5, 0.6) is 5.75 Å². The molecule has 2 unspecified atom stereocenters. The molecule has 0 bridgehead atoms. The number of carbonyl (C=O) groups is 4. The highest BCUT2D eigenvalue weighted by molar-refractivity contribution is 7.80. The number of likely N-dealkylation sites (tertiary alicyclic amines) is 1. The number of ether oxygens (including phenoxy) is 2. The second kappa shape index (κ2) is 14.4. The molecule has 0 saturated carbocycles. The standard InChI is InChI=1S/C32H32N2O7S/c1-21(35)26(18-22-12-14-25(15-13-22)41-32(39)40-20-23-8-4-2-5-9-23)30(42)33-19-29(36)34-27(16-17-28(34)31(37)38)24-10-6-3-7-11-24/h2-15,26-28H,16-20H2,1H3,(H,33,42)(H,37,38)/t26?,27?,28-/m0/s1. The molecule has 1 aliphatic heterocycles. The van der Waals surface area contributed by atoms with Crippen LogP contribution in [0.15, 0.2) is 84.9 Å². The third-order valence-electron chi connectivity index (χ3n) is 7.13. The second-order valence-corrected chi connectivity index (χ2v) is 10.5. The van der Waals surface area contributed by atoms with Crippen molar-refractivity contribution in [1.29, 1.82) is 0 Å². The van der Waals surface area contributed by atoms with E-state index >= 15 is 0 Å². The molecule has 0 spiro atoms. The Bertz CT molecular complexity index is 1410. The predicted octanol–water partition coefficient (Wildman–Crippen LogP) is 4.88. The lowest BCUT2D eigenvalue weighted by Crippen LogP contribution is -2.47. The molecule has 0 radical (unpaired) electrons. The largest absolute Gasteiger partial charge is 0.514 e. The Morgan fingerprint density at radius 1 is 0.929 bits per heavy atom. The van der Waals surface area contributed by atoms with Gasteiger partial charge in [0.1, 0.15) is 24.2 Å². The number of aliphatic carboxylic acids is 1. The Hall–Kier alpha value is -4.57. The van der Waals surface area contributed by atoms with Crippen molar-refractivity contribution in [3.05, 3.63) is 102 Å². The number of carboxylic acids is 1. The molecule has 218 valence electrons. The number of nitrogens with zero attached hydrogens (tertiary/aromatic N) is 1. The van der Waals surface area contributed by atoms with E-state index in [-0.39, 0.29) is 42.1 Å². The van der Waals surface area contributed by atoms with Gasteiger partial charge in [-0.3, -0.25) is 9.59 Å². The van der Waals surface area contributed by atoms with Gasteiger partial charge in [0, 0.05) is 0 Å². The molecule has 42 heavy (non-hydrogen) atoms. The quantitative estimate of drug-likeness (QED) is 0.183. The normalized spacial score (nSPS) is 16.7. The van der Waals surface area contributed by atoms with Gasteiger partial charge >= 0.3 is 12.1 Å². The van der Waals surface area contributed by atoms with E-state index < -0.39 is 30.0 Å². The Morgan fingerprint density at radius 2 is 1.57 bits per heavy atom. The molecule has 10 heteroatoms. The van der Waals surface area contributed by atoms with Crippen molar-refractivity contribution in [1.82, 2.24) is 10.2 Å². The molecular formula is C32H32N2O7S. The maximum absolute atomic E-state index is 13.3. The number of carboxylic acid groups (broad SMARTS) is 1. The van der Waals surface area contributed by atoms with E-state index in [0.29, 0.717) is 12.8 Å². The summed E-state index contributed by atoms with van der Waals surface area (Å²) in [6.07, 6.45) is 0.326. The molecule has 2 N–H and O–H groups in total. The lowest BCUT2D eigenvalue weighted by molar-refractivity contribution is -0.149. The minimum absolute atomic E-state index is 0.0899. The number of thiocarbonyl (C=S) groups is 1. The maximum Gasteiger partial charge on any atom is 0.514 e. The highest BCUT2D eigenvalue weighted by Gasteiger charge is 2.41. The molecule has 3 aromatic rings. The SMILES string of the molecule is CC(=O)C(Cc1ccc(OC(=O)OCc2ccccc2)cc1)C(=S)NCC(=O)N1C(c2ccccc2)CC[C@H]1C(=O)O. The van der Waals surface area contributed by atoms with E-state index in [4.69, 9.17) is 21.7 Å². The second-order valence-electron chi connectivity index (χ2n) is 10.0. The number of nitrogens with one attached hydrogen (secondary N) is 1. The molecule has 1 saturated heterocycles. The van der Waals surface area contributed by atoms with Crippen molar-refractivity contribution >= 4 is 41.0 Å². The molecule has 1 amide bonds. The van der Waals surface area contributed by atoms with Crippen LogP contribution in [0.2, 0.25) is 0 Å². The molecule has 4 rings (SSSR count). The molecule has 3 atom stereocenters. The molecular weight excluding hydrogens is 556 g/mol. The van der Waals surface area contributed by atoms with E-state index in [9.17, 15) is 24.3 Å². The summed E-state index contributed by atoms with van der Waals surface area (Å²) in [4.78, 5) is 51.3. The van der Waals surface area contributed by atoms with Crippen molar-refractivity contribution in [2.75, 3.05) is 6.54 Å². The van der Waals surface area contributed by atoms with Crippen LogP contribution in [0.3, 0.4) is 0 Å². The van der Waals surface area contributed by atoms with E-state index in [0.717, 1.165) is 16.7 Å². The smallest absolute Gasteiger partial charge is 0.480 e. The third kappa shape index (κ3) is 8.01. The van der Waals surface area contributed by atoms with Crippen LogP contribution in [-0.4, -0.2) is 51.4 Å². The summed E-state index contributed by atoms with van der Waals surface area (Å²) in [6, 6.07) is 23.9. The summed E-state index contributed by atoms with van der Waals surface area (Å²) in [7, 11) is 0. The zero-order valence-corrected chi connectivity index (χ0v) is 23.9. The van der Waals surface area contributed by atoms with Crippen LogP contribution >= 0.6 is 12.2 Å². The number of Topliss-reactive ketones (excluding diaryl/α,β-unsaturated/α-hetero) is 1. The lowest BCUT2D eigenvalue weighted by Gasteiger charge is -2.29. The van der Waals surface area contributed by atoms with Crippen LogP contribution < -0.4 is 10.1 Å². The summed E-state index contributed by atoms with van der Waals surface area (Å²) in [5, 5.41) is 12.6. The summed E-state index contributed by atoms with van der Waals surface area (Å²) in [6.45, 7) is 1.29. The number of ketones is 1. The van der Waals surface area contributed by atoms with E-state index in [1.165, 1.54) is 11.8 Å². The predicted molar refractivity (Wildman–Crippen MR) is 159 cm³/mol. The van der Waals surface area contributed by atoms with Crippen molar-refractivity contribution in [2.45, 2.75) is 44.9 Å². The van der Waals surface area contributed by atoms with Crippen molar-refractivity contribution in [2.24, 2.45) is 5.92 Å². The first kappa shape index (κ1) is 30.4. The fraction of sp³-hybridized carbons (Fsp3) is 0.281. The summed E-state index contributed by atoms with van der Waals surface area (Å²) in [5.41, 5.74) is 2.48. The molecule has 3 aromatic carbocycles. The highest BCUT2D eigenvalue weighted by Crippen LogP contribution is 2.36. The van der Waals surface area contributed by atoms with Gasteiger partial charge in [-0.25, -0.2) is 9.59 Å². The minimum Gasteiger partial charge on any atom is -0.480 e. The van der Waals surface area contributed by atoms with Gasteiger partial charge in [0.05, 0.1) is 23.5 Å². The topological polar surface area (TPSA) is 122 Å². The third-order valence-corrected chi connectivity index (χ3v) is 7.56. The van der Waals surface area contributed by atoms with Gasteiger partial charge in [-0.2, -0.15) is 0 Å². The summed E-state index contributed by atoms with van der Waals surface area (Å²) < 4.78 is 10.3. The van der Waals surface area contributed by atoms with Crippen molar-refractivity contribution in [3.63, 3.8) is 0 Å². The van der Waals surface area contributed by atoms with Gasteiger partial charge in [-0.05, 0) is 55.0 Å². The van der Waals surface area contributed by atoms with E-state index in [2.05, 4.69) is 5.32 Å². The van der Waals surface area contributed by atoms with Crippen molar-refractivity contribution in [3.8, 4) is 5.75 Å². The van der Waals surface area contributed by atoms with Gasteiger partial charge in [0.25, 0.3) is 0 Å². The highest BCUT2D eigenvalue weighted by atomic mass is 32.1. The Kier molecular flexibility index (Phi) is 10.4. The van der Waals surface area contributed by atoms with Crippen LogP contribution in [-0.2, 0) is 32.1 Å². The number of hydrogen-bond acceptors (Lipinski definition) is 7. The van der Waals surface area contributed by atoms with Crippen molar-refractivity contribution < 1.29 is 33.8 Å². The molecule has 1 fully saturated rings. The first-order chi connectivity index (χ1) is 20.2. The van der Waals surface area contributed by atoms with Gasteiger partial charge in [-0.15, -0.1) is 0 Å². The maximum atomic E-state index is 13.3. The Labute approximate surface area is 249 Å². The van der Waals surface area contributed by atoms with Crippen LogP contribution in [0.25, 0.3) is 0 Å². The molecule has 1 aliphatic rings.